The smallest absolute Gasteiger partial charge is 0.187 e. The van der Waals surface area contributed by atoms with E-state index in [1.165, 1.54) is 0 Å². The van der Waals surface area contributed by atoms with Gasteiger partial charge < -0.3 is 139 Å². The minimum atomic E-state index is -2.18. The first-order valence-electron chi connectivity index (χ1n) is 31.3. The molecule has 7 heterocycles. The molecule has 0 radical (unpaired) electrons. The summed E-state index contributed by atoms with van der Waals surface area (Å²) in [4.78, 5) is 0. The molecule has 4 aliphatic carbocycles. The molecule has 0 aromatic rings. The summed E-state index contributed by atoms with van der Waals surface area (Å²) < 4.78 is 74.0. The Morgan fingerprint density at radius 1 is 0.453 bits per heavy atom. The van der Waals surface area contributed by atoms with Crippen LogP contribution in [0.15, 0.2) is 0 Å². The Kier molecular flexibility index (Phi) is 20.1. The monoisotopic (exact) mass is 1240 g/mol. The number of fused-ring (bicyclic) bond motifs is 7. The van der Waals surface area contributed by atoms with Crippen LogP contribution in [-0.4, -0.2) is 292 Å². The van der Waals surface area contributed by atoms with Gasteiger partial charge in [0.25, 0.3) is 0 Å². The molecule has 7 saturated heterocycles. The first-order valence-corrected chi connectivity index (χ1v) is 31.3. The van der Waals surface area contributed by atoms with Crippen molar-refractivity contribution in [3.8, 4) is 0 Å². The second kappa shape index (κ2) is 26.0. The summed E-state index contributed by atoms with van der Waals surface area (Å²) >= 11 is 0. The highest BCUT2D eigenvalue weighted by molar-refractivity contribution is 5.16. The largest absolute Gasteiger partial charge is 0.394 e. The lowest BCUT2D eigenvalue weighted by molar-refractivity contribution is -0.410. The quantitative estimate of drug-likeness (QED) is 0.0685. The lowest BCUT2D eigenvalue weighted by Gasteiger charge is -2.62. The third kappa shape index (κ3) is 11.5. The zero-order valence-corrected chi connectivity index (χ0v) is 49.4. The normalized spacial score (nSPS) is 57.5. The molecule has 496 valence electrons. The van der Waals surface area contributed by atoms with Crippen molar-refractivity contribution in [3.63, 3.8) is 0 Å². The van der Waals surface area contributed by atoms with Crippen LogP contribution in [0, 0.1) is 52.3 Å². The Bertz CT molecular complexity index is 2230. The molecule has 38 atom stereocenters. The van der Waals surface area contributed by atoms with Gasteiger partial charge in [-0.05, 0) is 104 Å². The van der Waals surface area contributed by atoms with Crippen LogP contribution in [0.2, 0.25) is 0 Å². The molecule has 28 heteroatoms. The summed E-state index contributed by atoms with van der Waals surface area (Å²) in [5.74, 6) is 2.24. The van der Waals surface area contributed by atoms with Crippen LogP contribution < -0.4 is 0 Å². The number of hydrogen-bond donors (Lipinski definition) is 16. The van der Waals surface area contributed by atoms with E-state index in [-0.39, 0.29) is 29.3 Å². The van der Waals surface area contributed by atoms with E-state index < -0.39 is 198 Å². The number of ether oxygens (including phenoxy) is 12. The lowest BCUT2D eigenvalue weighted by Crippen LogP contribution is -2.69. The molecule has 0 amide bonds. The molecule has 11 rings (SSSR count). The van der Waals surface area contributed by atoms with Crippen molar-refractivity contribution in [2.45, 2.75) is 276 Å². The molecular formula is C58H96O28. The topological polar surface area (TPSA) is 434 Å². The number of aliphatic hydroxyl groups is 16. The van der Waals surface area contributed by atoms with E-state index in [9.17, 15) is 81.7 Å². The maximum absolute atomic E-state index is 12.1. The fourth-order valence-electron chi connectivity index (χ4n) is 17.9. The number of hydrogen-bond acceptors (Lipinski definition) is 28. The molecule has 11 fully saturated rings. The van der Waals surface area contributed by atoms with E-state index in [1.807, 2.05) is 0 Å². The van der Waals surface area contributed by atoms with Crippen molar-refractivity contribution >= 4 is 0 Å². The molecule has 16 N–H and O–H groups in total. The zero-order valence-electron chi connectivity index (χ0n) is 49.4. The number of aliphatic hydroxyl groups excluding tert-OH is 16. The summed E-state index contributed by atoms with van der Waals surface area (Å²) in [7, 11) is 0. The predicted octanol–water partition coefficient (Wildman–Crippen LogP) is -4.70. The van der Waals surface area contributed by atoms with Gasteiger partial charge in [0.1, 0.15) is 116 Å². The first-order chi connectivity index (χ1) is 40.9. The lowest BCUT2D eigenvalue weighted by atomic mass is 9.44. The molecule has 11 aliphatic rings. The van der Waals surface area contributed by atoms with Crippen molar-refractivity contribution in [2.24, 2.45) is 52.3 Å². The molecule has 86 heavy (non-hydrogen) atoms. The van der Waals surface area contributed by atoms with Gasteiger partial charge in [-0.2, -0.15) is 0 Å². The summed E-state index contributed by atoms with van der Waals surface area (Å²) in [5.41, 5.74) is -0.0840. The molecule has 0 aromatic heterocycles. The third-order valence-corrected chi connectivity index (χ3v) is 22.8. The molecule has 0 aromatic carbocycles. The van der Waals surface area contributed by atoms with Crippen molar-refractivity contribution < 1.29 is 139 Å². The first kappa shape index (κ1) is 66.3. The van der Waals surface area contributed by atoms with Crippen LogP contribution in [0.3, 0.4) is 0 Å². The van der Waals surface area contributed by atoms with E-state index in [0.717, 1.165) is 51.6 Å². The maximum Gasteiger partial charge on any atom is 0.187 e. The SMILES string of the molecule is CC[C@H]1O[C@@H](O[C@@H]2CC3CCC4C(CC[C@@]5(C)C4CC4OC6(CCC(C)CO6)[C@@H](C)C45)[C@@]3(C)C[C@H]2O)[C@H](O)[C@@H](O)[C@H]1O[C@@H]1O[C@H](CO)[C@@H](O)[C@H](O[C@@H]2O[C@H](CO)[C@@H](O)[C@H](O[C@@H]3O[C@H](CO)[C@@H](O)[C@H](O)[C@H]3O)[C@H]2O)[C@H]1O[C@@H]1O[C@H](CO)[C@@H](O)[C@H](O)[C@H]1O. The predicted molar refractivity (Wildman–Crippen MR) is 285 cm³/mol. The van der Waals surface area contributed by atoms with Gasteiger partial charge in [0.05, 0.1) is 57.5 Å². The van der Waals surface area contributed by atoms with Crippen molar-refractivity contribution in [3.05, 3.63) is 0 Å². The van der Waals surface area contributed by atoms with E-state index in [0.29, 0.717) is 48.3 Å². The second-order valence-corrected chi connectivity index (χ2v) is 27.5. The van der Waals surface area contributed by atoms with Gasteiger partial charge in [0.2, 0.25) is 0 Å². The van der Waals surface area contributed by atoms with E-state index in [2.05, 4.69) is 27.7 Å². The van der Waals surface area contributed by atoms with Crippen LogP contribution in [0.25, 0.3) is 0 Å². The Balaban J connectivity index is 0.794. The highest BCUT2D eigenvalue weighted by atomic mass is 16.8. The van der Waals surface area contributed by atoms with Gasteiger partial charge in [-0.1, -0.05) is 34.6 Å². The Hall–Kier alpha value is -1.12. The molecule has 7 aliphatic heterocycles. The second-order valence-electron chi connectivity index (χ2n) is 27.5. The van der Waals surface area contributed by atoms with E-state index >= 15 is 0 Å². The highest BCUT2D eigenvalue weighted by Gasteiger charge is 2.70. The summed E-state index contributed by atoms with van der Waals surface area (Å²) in [6.45, 7) is 8.09. The maximum atomic E-state index is 12.1. The van der Waals surface area contributed by atoms with Crippen LogP contribution in [0.5, 0.6) is 0 Å². The average Bonchev–Trinajstić information content (AvgIpc) is 1.57. The molecule has 28 nitrogen and oxygen atoms in total. The molecule has 8 unspecified atom stereocenters. The Morgan fingerprint density at radius 2 is 0.965 bits per heavy atom. The fourth-order valence-corrected chi connectivity index (χ4v) is 17.9. The summed E-state index contributed by atoms with van der Waals surface area (Å²) in [6, 6.07) is 0. The Labute approximate surface area is 499 Å². The minimum Gasteiger partial charge on any atom is -0.394 e. The van der Waals surface area contributed by atoms with Gasteiger partial charge >= 0.3 is 0 Å². The number of rotatable bonds is 15. The summed E-state index contributed by atoms with van der Waals surface area (Å²) in [5, 5.41) is 176. The summed E-state index contributed by atoms with van der Waals surface area (Å²) in [6.07, 6.45) is -39.7. The average molecular weight is 1240 g/mol. The fraction of sp³-hybridized carbons (Fsp3) is 1.00. The van der Waals surface area contributed by atoms with Gasteiger partial charge in [-0.15, -0.1) is 0 Å². The van der Waals surface area contributed by atoms with Gasteiger partial charge in [-0.3, -0.25) is 0 Å². The third-order valence-electron chi connectivity index (χ3n) is 22.8. The molecule has 1 spiro atoms. The molecule has 0 bridgehead atoms. The van der Waals surface area contributed by atoms with Gasteiger partial charge in [0, 0.05) is 12.3 Å². The van der Waals surface area contributed by atoms with Crippen molar-refractivity contribution in [1.29, 1.82) is 0 Å². The highest BCUT2D eigenvalue weighted by Crippen LogP contribution is 2.71. The van der Waals surface area contributed by atoms with Crippen molar-refractivity contribution in [1.82, 2.24) is 0 Å². The standard InChI is InChI=1S/C58H96O28/c1-6-28-47(42(70)45(73)51(76-28)77-29-13-23-7-8-24-25(57(23,5)15-27(29)63)10-11-56(4)26(24)14-30-35(56)22(3)58(86-30)12-9-21(2)20-75-58)82-55-50(85-53-44(72)41(69)37(65)32(17-60)79-53)49(39(67)34(19-62)81-55)84-54-46(74)48(38(66)33(18-61)80-54)83-52-43(71)40(68)36(64)31(16-59)78-52/h21-55,59-74H,6-20H2,1-5H3/t21?,22-,23?,24?,25?,26?,27+,28+,29+,30?,31+,32+,33+,34+,35?,36+,37+,38+,39+,40-,41-,42+,43+,44+,45+,46+,47-,48-,49-,50+,51-,52-,53-,54-,55-,56-,57-,58?/m0/s1. The van der Waals surface area contributed by atoms with Crippen LogP contribution in [0.1, 0.15) is 98.8 Å². The minimum absolute atomic E-state index is 0.0872. The van der Waals surface area contributed by atoms with E-state index in [1.54, 1.807) is 6.92 Å². The van der Waals surface area contributed by atoms with Crippen LogP contribution in [0.4, 0.5) is 0 Å². The van der Waals surface area contributed by atoms with Gasteiger partial charge in [0.15, 0.2) is 37.2 Å². The van der Waals surface area contributed by atoms with E-state index in [4.69, 9.17) is 56.8 Å². The molecule has 4 saturated carbocycles. The van der Waals surface area contributed by atoms with Crippen LogP contribution >= 0.6 is 0 Å². The Morgan fingerprint density at radius 3 is 1.55 bits per heavy atom. The zero-order chi connectivity index (χ0) is 61.8. The van der Waals surface area contributed by atoms with Crippen LogP contribution in [-0.2, 0) is 56.8 Å². The molecular weight excluding hydrogens is 1140 g/mol. The van der Waals surface area contributed by atoms with Crippen molar-refractivity contribution in [2.75, 3.05) is 33.0 Å². The van der Waals surface area contributed by atoms with Gasteiger partial charge in [-0.25, -0.2) is 0 Å².